The number of sulfonamides is 1. The van der Waals surface area contributed by atoms with Crippen molar-refractivity contribution in [2.24, 2.45) is 0 Å². The number of esters is 1. The highest BCUT2D eigenvalue weighted by Gasteiger charge is 2.38. The summed E-state index contributed by atoms with van der Waals surface area (Å²) in [5.74, 6) is -0.734. The maximum atomic E-state index is 13.3. The number of ketones is 1. The topological polar surface area (TPSA) is 93.2 Å². The van der Waals surface area contributed by atoms with E-state index >= 15 is 0 Å². The molecule has 3 aromatic rings. The largest absolute Gasteiger partial charge is 0.497 e. The number of carbonyl (C=O) groups excluding carboxylic acids is 2. The first-order valence-electron chi connectivity index (χ1n) is 12.1. The van der Waals surface area contributed by atoms with Crippen LogP contribution >= 0.6 is 11.6 Å². The van der Waals surface area contributed by atoms with Crippen LogP contribution in [0, 0.1) is 0 Å². The van der Waals surface area contributed by atoms with Crippen molar-refractivity contribution in [3.8, 4) is 5.75 Å². The van der Waals surface area contributed by atoms with Crippen LogP contribution in [0.15, 0.2) is 83.4 Å². The van der Waals surface area contributed by atoms with Crippen molar-refractivity contribution in [1.29, 1.82) is 0 Å². The average Bonchev–Trinajstić information content (AvgIpc) is 3.12. The van der Waals surface area contributed by atoms with Gasteiger partial charge < -0.3 is 14.4 Å². The summed E-state index contributed by atoms with van der Waals surface area (Å²) in [6.45, 7) is 3.52. The van der Waals surface area contributed by atoms with E-state index in [1.807, 2.05) is 50.1 Å². The van der Waals surface area contributed by atoms with Crippen molar-refractivity contribution in [3.63, 3.8) is 0 Å². The van der Waals surface area contributed by atoms with Crippen LogP contribution in [0.4, 0.5) is 11.4 Å². The van der Waals surface area contributed by atoms with Gasteiger partial charge in [-0.15, -0.1) is 0 Å². The number of para-hydroxylation sites is 1. The second-order valence-electron chi connectivity index (χ2n) is 9.59. The van der Waals surface area contributed by atoms with Crippen LogP contribution in [0.1, 0.15) is 29.8 Å². The van der Waals surface area contributed by atoms with Crippen LogP contribution in [0.25, 0.3) is 0 Å². The van der Waals surface area contributed by atoms with Crippen LogP contribution in [0.5, 0.6) is 5.75 Å². The average molecular weight is 569 g/mol. The van der Waals surface area contributed by atoms with Gasteiger partial charge in [-0.2, -0.15) is 0 Å². The number of carbonyl (C=O) groups is 2. The number of nitrogens with zero attached hydrogens (tertiary/aromatic N) is 2. The molecule has 1 aliphatic rings. The van der Waals surface area contributed by atoms with Crippen LogP contribution < -0.4 is 13.9 Å². The molecule has 0 saturated heterocycles. The van der Waals surface area contributed by atoms with Gasteiger partial charge in [0.15, 0.2) is 12.4 Å². The fraction of sp³-hybridized carbons (Fsp3) is 0.241. The molecule has 3 aromatic carbocycles. The van der Waals surface area contributed by atoms with E-state index in [4.69, 9.17) is 21.1 Å². The normalized spacial score (nSPS) is 15.1. The number of ether oxygens (including phenoxy) is 2. The number of fused-ring (bicyclic) bond motifs is 1. The summed E-state index contributed by atoms with van der Waals surface area (Å²) in [6.07, 6.45) is 1.47. The van der Waals surface area contributed by atoms with E-state index in [0.29, 0.717) is 11.4 Å². The molecular formula is C29H29ClN2O6S. The Morgan fingerprint density at radius 3 is 2.36 bits per heavy atom. The van der Waals surface area contributed by atoms with Crippen molar-refractivity contribution in [1.82, 2.24) is 0 Å². The number of hydrogen-bond acceptors (Lipinski definition) is 7. The molecule has 0 aliphatic carbocycles. The highest BCUT2D eigenvalue weighted by molar-refractivity contribution is 7.92. The zero-order chi connectivity index (χ0) is 28.5. The molecule has 1 aliphatic heterocycles. The number of halogens is 1. The first-order valence-corrected chi connectivity index (χ1v) is 13.9. The second kappa shape index (κ2) is 10.7. The number of benzene rings is 3. The molecule has 0 fully saturated rings. The first kappa shape index (κ1) is 28.2. The summed E-state index contributed by atoms with van der Waals surface area (Å²) in [5, 5.41) is 0.00367. The Hall–Kier alpha value is -3.82. The van der Waals surface area contributed by atoms with Gasteiger partial charge in [-0.05, 0) is 54.1 Å². The van der Waals surface area contributed by atoms with E-state index in [0.717, 1.165) is 27.3 Å². The molecule has 0 saturated carbocycles. The van der Waals surface area contributed by atoms with Gasteiger partial charge in [0.05, 0.1) is 28.3 Å². The van der Waals surface area contributed by atoms with E-state index in [2.05, 4.69) is 0 Å². The molecule has 204 valence electrons. The standard InChI is InChI=1S/C29H29ClN2O6S/c1-29(2)24-8-6-7-9-26(24)31(3)27(29)16-20(33)18-38-28(34)23-17-22(14-15-25(23)30)39(35,36)32(4)19-10-12-21(37-5)13-11-19/h6-17H,18H2,1-5H3. The van der Waals surface area contributed by atoms with Crippen LogP contribution in [-0.2, 0) is 25.0 Å². The molecule has 0 atom stereocenters. The maximum absolute atomic E-state index is 13.3. The number of likely N-dealkylation sites (N-methyl/N-ethyl adjacent to an activating group) is 1. The summed E-state index contributed by atoms with van der Waals surface area (Å²) in [6, 6.07) is 18.1. The Bertz CT molecular complexity index is 1560. The van der Waals surface area contributed by atoms with E-state index in [1.54, 1.807) is 24.3 Å². The van der Waals surface area contributed by atoms with E-state index < -0.39 is 33.8 Å². The van der Waals surface area contributed by atoms with Gasteiger partial charge in [-0.1, -0.05) is 43.6 Å². The van der Waals surface area contributed by atoms with Gasteiger partial charge >= 0.3 is 5.97 Å². The fourth-order valence-electron chi connectivity index (χ4n) is 4.58. The van der Waals surface area contributed by atoms with E-state index in [9.17, 15) is 18.0 Å². The minimum absolute atomic E-state index is 0.00367. The third kappa shape index (κ3) is 5.37. The Morgan fingerprint density at radius 2 is 1.72 bits per heavy atom. The lowest BCUT2D eigenvalue weighted by atomic mass is 9.83. The molecule has 0 spiro atoms. The first-order chi connectivity index (χ1) is 18.4. The Balaban J connectivity index is 1.50. The van der Waals surface area contributed by atoms with Gasteiger partial charge in [0.1, 0.15) is 5.75 Å². The molecule has 0 bridgehead atoms. The van der Waals surface area contributed by atoms with Crippen molar-refractivity contribution < 1.29 is 27.5 Å². The Morgan fingerprint density at radius 1 is 1.05 bits per heavy atom. The van der Waals surface area contributed by atoms with Crippen molar-refractivity contribution in [2.45, 2.75) is 24.2 Å². The van der Waals surface area contributed by atoms with E-state index in [-0.39, 0.29) is 15.5 Å². The minimum atomic E-state index is -4.03. The molecule has 0 unspecified atom stereocenters. The third-order valence-electron chi connectivity index (χ3n) is 6.84. The second-order valence-corrected chi connectivity index (χ2v) is 12.0. The predicted octanol–water partition coefficient (Wildman–Crippen LogP) is 5.21. The number of anilines is 2. The van der Waals surface area contributed by atoms with Crippen molar-refractivity contribution >= 4 is 44.8 Å². The molecule has 10 heteroatoms. The highest BCUT2D eigenvalue weighted by atomic mass is 35.5. The molecule has 1 heterocycles. The minimum Gasteiger partial charge on any atom is -0.497 e. The smallest absolute Gasteiger partial charge is 0.340 e. The van der Waals surface area contributed by atoms with Crippen molar-refractivity contribution in [3.05, 3.63) is 94.7 Å². The summed E-state index contributed by atoms with van der Waals surface area (Å²) >= 11 is 6.21. The van der Waals surface area contributed by atoms with E-state index in [1.165, 1.54) is 32.4 Å². The lowest BCUT2D eigenvalue weighted by molar-refractivity contribution is -0.117. The summed E-state index contributed by atoms with van der Waals surface area (Å²) in [4.78, 5) is 27.4. The van der Waals surface area contributed by atoms with Crippen LogP contribution in [0.2, 0.25) is 5.02 Å². The third-order valence-corrected chi connectivity index (χ3v) is 8.95. The number of hydrogen-bond donors (Lipinski definition) is 0. The molecule has 4 rings (SSSR count). The molecule has 0 aromatic heterocycles. The maximum Gasteiger partial charge on any atom is 0.340 e. The zero-order valence-corrected chi connectivity index (χ0v) is 23.8. The van der Waals surface area contributed by atoms with Crippen molar-refractivity contribution in [2.75, 3.05) is 37.0 Å². The molecule has 0 N–H and O–H groups in total. The molecular weight excluding hydrogens is 540 g/mol. The van der Waals surface area contributed by atoms with Crippen LogP contribution in [-0.4, -0.2) is 48.0 Å². The lowest BCUT2D eigenvalue weighted by Gasteiger charge is -2.23. The summed E-state index contributed by atoms with van der Waals surface area (Å²) in [5.41, 5.74) is 2.70. The Labute approximate surface area is 233 Å². The lowest BCUT2D eigenvalue weighted by Crippen LogP contribution is -2.27. The fourth-order valence-corrected chi connectivity index (χ4v) is 5.99. The predicted molar refractivity (Wildman–Crippen MR) is 151 cm³/mol. The van der Waals surface area contributed by atoms with Crippen LogP contribution in [0.3, 0.4) is 0 Å². The summed E-state index contributed by atoms with van der Waals surface area (Å²) in [7, 11) is 0.763. The molecule has 0 amide bonds. The molecule has 39 heavy (non-hydrogen) atoms. The molecule has 0 radical (unpaired) electrons. The highest BCUT2D eigenvalue weighted by Crippen LogP contribution is 2.46. The zero-order valence-electron chi connectivity index (χ0n) is 22.3. The van der Waals surface area contributed by atoms with Gasteiger partial charge in [0.2, 0.25) is 0 Å². The number of rotatable bonds is 8. The number of methoxy groups -OCH3 is 1. The van der Waals surface area contributed by atoms with Gasteiger partial charge in [0, 0.05) is 37.0 Å². The molecule has 8 nitrogen and oxygen atoms in total. The quantitative estimate of drug-likeness (QED) is 0.272. The summed E-state index contributed by atoms with van der Waals surface area (Å²) < 4.78 is 37.9. The van der Waals surface area contributed by atoms with Gasteiger partial charge in [-0.3, -0.25) is 9.10 Å². The van der Waals surface area contributed by atoms with Gasteiger partial charge in [0.25, 0.3) is 10.0 Å². The number of allylic oxidation sites excluding steroid dienone is 1. The SMILES string of the molecule is COc1ccc(N(C)S(=O)(=O)c2ccc(Cl)c(C(=O)OCC(=O)C=C3N(C)c4ccccc4C3(C)C)c2)cc1. The Kier molecular flexibility index (Phi) is 7.77. The monoisotopic (exact) mass is 568 g/mol. The van der Waals surface area contributed by atoms with Gasteiger partial charge in [-0.25, -0.2) is 13.2 Å².